The molecule has 1 aromatic rings. The van der Waals surface area contributed by atoms with Crippen molar-refractivity contribution in [1.82, 2.24) is 0 Å². The average molecular weight is 252 g/mol. The fraction of sp³-hybridized carbons (Fsp3) is 0.385. The van der Waals surface area contributed by atoms with E-state index < -0.39 is 0 Å². The number of aldehydes is 2. The summed E-state index contributed by atoms with van der Waals surface area (Å²) < 4.78 is 6.23. The molecule has 0 radical (unpaired) electrons. The first kappa shape index (κ1) is 14.2. The Morgan fingerprint density at radius 2 is 1.67 bits per heavy atom. The van der Waals surface area contributed by atoms with Gasteiger partial charge in [-0.15, -0.1) is 0 Å². The molecule has 98 valence electrons. The minimum Gasteiger partial charge on any atom is -0.506 e. The van der Waals surface area contributed by atoms with E-state index in [-0.39, 0.29) is 16.9 Å². The number of hydrogen-bond acceptors (Lipinski definition) is 4. The average Bonchev–Trinajstić information content (AvgIpc) is 2.29. The maximum Gasteiger partial charge on any atom is 0.153 e. The molecule has 5 heteroatoms. The highest BCUT2D eigenvalue weighted by atomic mass is 16.5. The minimum absolute atomic E-state index is 0.0554. The van der Waals surface area contributed by atoms with Gasteiger partial charge in [0, 0.05) is 0 Å². The lowest BCUT2D eigenvalue weighted by molar-refractivity contribution is -0.870. The van der Waals surface area contributed by atoms with Crippen LogP contribution in [-0.2, 0) is 0 Å². The van der Waals surface area contributed by atoms with E-state index in [1.165, 1.54) is 12.1 Å². The number of benzene rings is 1. The van der Waals surface area contributed by atoms with Crippen LogP contribution in [0.25, 0.3) is 0 Å². The number of likely N-dealkylation sites (N-methyl/N-ethyl adjacent to an activating group) is 1. The number of quaternary nitrogens is 1. The van der Waals surface area contributed by atoms with Crippen LogP contribution in [-0.4, -0.2) is 56.5 Å². The number of aromatic hydroxyl groups is 1. The van der Waals surface area contributed by atoms with E-state index in [1.54, 1.807) is 0 Å². The largest absolute Gasteiger partial charge is 0.506 e. The Morgan fingerprint density at radius 1 is 1.17 bits per heavy atom. The minimum atomic E-state index is -0.307. The van der Waals surface area contributed by atoms with Crippen molar-refractivity contribution in [1.29, 1.82) is 0 Å². The van der Waals surface area contributed by atoms with Gasteiger partial charge >= 0.3 is 0 Å². The van der Waals surface area contributed by atoms with Gasteiger partial charge in [0.25, 0.3) is 0 Å². The van der Waals surface area contributed by atoms with Crippen LogP contribution in [0.4, 0.5) is 0 Å². The number of carbonyl (C=O) groups excluding carboxylic acids is 2. The quantitative estimate of drug-likeness (QED) is 0.608. The molecule has 0 heterocycles. The summed E-state index contributed by atoms with van der Waals surface area (Å²) in [5, 5.41) is 9.55. The Morgan fingerprint density at radius 3 is 2.06 bits per heavy atom. The molecule has 0 atom stereocenters. The van der Waals surface area contributed by atoms with Gasteiger partial charge in [-0.3, -0.25) is 9.59 Å². The maximum atomic E-state index is 10.7. The lowest BCUT2D eigenvalue weighted by Crippen LogP contribution is -2.38. The monoisotopic (exact) mass is 252 g/mol. The third-order valence-electron chi connectivity index (χ3n) is 2.43. The molecule has 1 N–H and O–H groups in total. The zero-order valence-electron chi connectivity index (χ0n) is 10.8. The normalized spacial score (nSPS) is 11.1. The summed E-state index contributed by atoms with van der Waals surface area (Å²) in [6, 6.07) is 2.84. The molecule has 0 unspecified atom stereocenters. The summed E-state index contributed by atoms with van der Waals surface area (Å²) in [6.45, 7) is 1.25. The molecule has 0 saturated heterocycles. The third kappa shape index (κ3) is 3.85. The molecule has 1 rings (SSSR count). The van der Waals surface area contributed by atoms with Crippen LogP contribution in [0.15, 0.2) is 12.1 Å². The van der Waals surface area contributed by atoms with Crippen LogP contribution in [0.1, 0.15) is 20.7 Å². The summed E-state index contributed by atoms with van der Waals surface area (Å²) in [5.74, 6) is 0.101. The summed E-state index contributed by atoms with van der Waals surface area (Å²) in [7, 11) is 6.11. The van der Waals surface area contributed by atoms with Gasteiger partial charge in [0.05, 0.1) is 32.3 Å². The smallest absolute Gasteiger partial charge is 0.153 e. The molecule has 0 amide bonds. The van der Waals surface area contributed by atoms with E-state index in [0.29, 0.717) is 24.9 Å². The Balaban J connectivity index is 2.84. The topological polar surface area (TPSA) is 63.6 Å². The van der Waals surface area contributed by atoms with Gasteiger partial charge in [0.1, 0.15) is 24.7 Å². The number of ether oxygens (including phenoxy) is 1. The van der Waals surface area contributed by atoms with Crippen molar-refractivity contribution in [3.05, 3.63) is 23.3 Å². The van der Waals surface area contributed by atoms with Crippen molar-refractivity contribution < 1.29 is 23.9 Å². The fourth-order valence-corrected chi connectivity index (χ4v) is 1.35. The first-order valence-corrected chi connectivity index (χ1v) is 5.58. The molecule has 1 aromatic carbocycles. The van der Waals surface area contributed by atoms with E-state index >= 15 is 0 Å². The lowest BCUT2D eigenvalue weighted by atomic mass is 10.1. The predicted molar refractivity (Wildman–Crippen MR) is 67.3 cm³/mol. The van der Waals surface area contributed by atoms with E-state index in [1.807, 2.05) is 21.1 Å². The Labute approximate surface area is 106 Å². The van der Waals surface area contributed by atoms with Crippen molar-refractivity contribution in [3.8, 4) is 11.5 Å². The van der Waals surface area contributed by atoms with E-state index in [2.05, 4.69) is 0 Å². The number of phenols is 1. The first-order valence-electron chi connectivity index (χ1n) is 5.58. The fourth-order valence-electron chi connectivity index (χ4n) is 1.35. The van der Waals surface area contributed by atoms with Gasteiger partial charge in [0.2, 0.25) is 0 Å². The van der Waals surface area contributed by atoms with Crippen molar-refractivity contribution in [2.24, 2.45) is 0 Å². The van der Waals surface area contributed by atoms with Crippen molar-refractivity contribution in [2.75, 3.05) is 34.3 Å². The van der Waals surface area contributed by atoms with Gasteiger partial charge in [-0.25, -0.2) is 0 Å². The van der Waals surface area contributed by atoms with Crippen molar-refractivity contribution >= 4 is 12.6 Å². The van der Waals surface area contributed by atoms with Crippen LogP contribution in [0.2, 0.25) is 0 Å². The van der Waals surface area contributed by atoms with Gasteiger partial charge in [-0.05, 0) is 12.1 Å². The standard InChI is InChI=1S/C13H17NO4/c1-14(2,3)4-5-18-12-6-10(8-15)13(17)11(7-12)9-16/h6-9H,4-5H2,1-3H3/p+1. The SMILES string of the molecule is C[N+](C)(C)CCOc1cc(C=O)c(O)c(C=O)c1. The molecule has 0 aliphatic heterocycles. The Hall–Kier alpha value is -1.88. The second kappa shape index (κ2) is 5.64. The molecule has 0 bridgehead atoms. The Kier molecular flexibility index (Phi) is 4.44. The number of phenolic OH excluding ortho intramolecular Hbond substituents is 1. The number of carbonyl (C=O) groups is 2. The highest BCUT2D eigenvalue weighted by Crippen LogP contribution is 2.26. The van der Waals surface area contributed by atoms with Gasteiger partial charge < -0.3 is 14.3 Å². The summed E-state index contributed by atoms with van der Waals surface area (Å²) in [6.07, 6.45) is 0.990. The lowest BCUT2D eigenvalue weighted by Gasteiger charge is -2.23. The summed E-state index contributed by atoms with van der Waals surface area (Å²) >= 11 is 0. The predicted octanol–water partition coefficient (Wildman–Crippen LogP) is 1.10. The number of hydrogen-bond donors (Lipinski definition) is 1. The molecule has 0 saturated carbocycles. The highest BCUT2D eigenvalue weighted by molar-refractivity contribution is 5.89. The molecule has 0 aliphatic rings. The second-order valence-corrected chi connectivity index (χ2v) is 5.05. The molecular weight excluding hydrogens is 234 g/mol. The molecule has 5 nitrogen and oxygen atoms in total. The maximum absolute atomic E-state index is 10.7. The van der Waals surface area contributed by atoms with Gasteiger partial charge in [-0.1, -0.05) is 0 Å². The number of rotatable bonds is 6. The summed E-state index contributed by atoms with van der Waals surface area (Å²) in [4.78, 5) is 21.5. The van der Waals surface area contributed by atoms with Crippen molar-refractivity contribution in [3.63, 3.8) is 0 Å². The van der Waals surface area contributed by atoms with E-state index in [4.69, 9.17) is 4.74 Å². The van der Waals surface area contributed by atoms with Crippen LogP contribution >= 0.6 is 0 Å². The number of nitrogens with zero attached hydrogens (tertiary/aromatic N) is 1. The first-order chi connectivity index (χ1) is 8.37. The zero-order chi connectivity index (χ0) is 13.8. The molecule has 0 aliphatic carbocycles. The second-order valence-electron chi connectivity index (χ2n) is 5.05. The molecule has 0 fully saturated rings. The Bertz CT molecular complexity index is 420. The van der Waals surface area contributed by atoms with Crippen LogP contribution in [0, 0.1) is 0 Å². The summed E-state index contributed by atoms with van der Waals surface area (Å²) in [5.41, 5.74) is 0.111. The van der Waals surface area contributed by atoms with E-state index in [0.717, 1.165) is 11.0 Å². The third-order valence-corrected chi connectivity index (χ3v) is 2.43. The van der Waals surface area contributed by atoms with Gasteiger partial charge in [0.15, 0.2) is 12.6 Å². The zero-order valence-corrected chi connectivity index (χ0v) is 10.8. The van der Waals surface area contributed by atoms with Crippen LogP contribution in [0.3, 0.4) is 0 Å². The van der Waals surface area contributed by atoms with Crippen LogP contribution < -0.4 is 4.74 Å². The van der Waals surface area contributed by atoms with Crippen molar-refractivity contribution in [2.45, 2.75) is 0 Å². The highest BCUT2D eigenvalue weighted by Gasteiger charge is 2.11. The molecule has 18 heavy (non-hydrogen) atoms. The van der Waals surface area contributed by atoms with E-state index in [9.17, 15) is 14.7 Å². The molecule has 0 aromatic heterocycles. The van der Waals surface area contributed by atoms with Gasteiger partial charge in [-0.2, -0.15) is 0 Å². The molecular formula is C13H18NO4+. The molecule has 0 spiro atoms. The van der Waals surface area contributed by atoms with Crippen LogP contribution in [0.5, 0.6) is 11.5 Å².